The summed E-state index contributed by atoms with van der Waals surface area (Å²) in [6.45, 7) is 0. The summed E-state index contributed by atoms with van der Waals surface area (Å²) in [5.41, 5.74) is 6.18. The van der Waals surface area contributed by atoms with Gasteiger partial charge in [-0.05, 0) is 18.2 Å². The van der Waals surface area contributed by atoms with Crippen molar-refractivity contribution in [2.45, 2.75) is 0 Å². The summed E-state index contributed by atoms with van der Waals surface area (Å²) in [7, 11) is 0. The minimum Gasteiger partial charge on any atom is -0.450 e. The molecule has 0 radical (unpaired) electrons. The average Bonchev–Trinajstić information content (AvgIpc) is 2.84. The first-order valence-electron chi connectivity index (χ1n) is 5.49. The molecule has 0 saturated heterocycles. The van der Waals surface area contributed by atoms with Crippen molar-refractivity contribution in [2.75, 3.05) is 5.73 Å². The predicted octanol–water partition coefficient (Wildman–Crippen LogP) is 3.22. The molecule has 6 heteroatoms. The lowest BCUT2D eigenvalue weighted by Crippen LogP contribution is -1.94. The van der Waals surface area contributed by atoms with Crippen LogP contribution in [0.15, 0.2) is 36.7 Å². The van der Waals surface area contributed by atoms with Gasteiger partial charge in [0, 0.05) is 18.0 Å². The zero-order valence-corrected chi connectivity index (χ0v) is 9.65. The molecule has 3 aromatic rings. The largest absolute Gasteiger partial charge is 0.450 e. The minimum atomic E-state index is -0.664. The topological polar surface area (TPSA) is 63.9 Å². The first-order valence-corrected chi connectivity index (χ1v) is 5.49. The number of hydrogen-bond donors (Lipinski definition) is 2. The van der Waals surface area contributed by atoms with E-state index in [2.05, 4.69) is 9.97 Å². The number of anilines is 1. The molecule has 0 amide bonds. The van der Waals surface area contributed by atoms with Crippen LogP contribution in [0, 0.1) is 11.6 Å². The van der Waals surface area contributed by atoms with E-state index in [-0.39, 0.29) is 17.2 Å². The molecular formula is C13H9F2N3O. The highest BCUT2D eigenvalue weighted by Gasteiger charge is 2.14. The molecule has 2 aromatic heterocycles. The average molecular weight is 261 g/mol. The number of pyridine rings is 1. The second kappa shape index (κ2) is 4.24. The van der Waals surface area contributed by atoms with Gasteiger partial charge in [-0.2, -0.15) is 0 Å². The van der Waals surface area contributed by atoms with Crippen molar-refractivity contribution in [1.82, 2.24) is 9.97 Å². The summed E-state index contributed by atoms with van der Waals surface area (Å²) < 4.78 is 32.7. The van der Waals surface area contributed by atoms with E-state index in [0.717, 1.165) is 12.3 Å². The third-order valence-corrected chi connectivity index (χ3v) is 2.66. The smallest absolute Gasteiger partial charge is 0.184 e. The Balaban J connectivity index is 2.10. The molecule has 0 bridgehead atoms. The summed E-state index contributed by atoms with van der Waals surface area (Å²) in [6.07, 6.45) is 2.62. The Morgan fingerprint density at radius 3 is 2.79 bits per heavy atom. The highest BCUT2D eigenvalue weighted by molar-refractivity contribution is 5.82. The zero-order chi connectivity index (χ0) is 13.4. The summed E-state index contributed by atoms with van der Waals surface area (Å²) in [5, 5.41) is 0.441. The van der Waals surface area contributed by atoms with E-state index < -0.39 is 11.6 Å². The predicted molar refractivity (Wildman–Crippen MR) is 66.9 cm³/mol. The van der Waals surface area contributed by atoms with Crippen LogP contribution in [-0.4, -0.2) is 9.97 Å². The zero-order valence-electron chi connectivity index (χ0n) is 9.65. The van der Waals surface area contributed by atoms with E-state index in [1.165, 1.54) is 12.1 Å². The van der Waals surface area contributed by atoms with Crippen LogP contribution >= 0.6 is 0 Å². The molecule has 96 valence electrons. The van der Waals surface area contributed by atoms with Crippen LogP contribution < -0.4 is 10.5 Å². The number of aromatic amines is 1. The fourth-order valence-corrected chi connectivity index (χ4v) is 1.77. The van der Waals surface area contributed by atoms with E-state index in [4.69, 9.17) is 10.5 Å². The number of hydrogen-bond acceptors (Lipinski definition) is 3. The summed E-state index contributed by atoms with van der Waals surface area (Å²) in [4.78, 5) is 6.68. The van der Waals surface area contributed by atoms with Gasteiger partial charge in [0.2, 0.25) is 0 Å². The number of nitrogens with zero attached hydrogens (tertiary/aromatic N) is 1. The lowest BCUT2D eigenvalue weighted by atomic mass is 10.2. The maximum Gasteiger partial charge on any atom is 0.184 e. The molecular weight excluding hydrogens is 252 g/mol. The van der Waals surface area contributed by atoms with Gasteiger partial charge < -0.3 is 15.5 Å². The number of halogens is 2. The van der Waals surface area contributed by atoms with Crippen LogP contribution in [0.2, 0.25) is 0 Å². The van der Waals surface area contributed by atoms with Gasteiger partial charge >= 0.3 is 0 Å². The van der Waals surface area contributed by atoms with Crippen LogP contribution in [-0.2, 0) is 0 Å². The fourth-order valence-electron chi connectivity index (χ4n) is 1.77. The monoisotopic (exact) mass is 261 g/mol. The van der Waals surface area contributed by atoms with Crippen molar-refractivity contribution < 1.29 is 13.5 Å². The van der Waals surface area contributed by atoms with Crippen molar-refractivity contribution in [1.29, 1.82) is 0 Å². The summed E-state index contributed by atoms with van der Waals surface area (Å²) in [5.74, 6) is -1.49. The highest BCUT2D eigenvalue weighted by Crippen LogP contribution is 2.32. The van der Waals surface area contributed by atoms with Crippen LogP contribution in [0.3, 0.4) is 0 Å². The van der Waals surface area contributed by atoms with Crippen molar-refractivity contribution in [3.05, 3.63) is 48.3 Å². The minimum absolute atomic E-state index is 0.0741. The van der Waals surface area contributed by atoms with Crippen molar-refractivity contribution in [2.24, 2.45) is 0 Å². The van der Waals surface area contributed by atoms with Gasteiger partial charge in [-0.1, -0.05) is 0 Å². The lowest BCUT2D eigenvalue weighted by molar-refractivity contribution is 0.418. The maximum atomic E-state index is 13.7. The number of rotatable bonds is 2. The first kappa shape index (κ1) is 11.5. The van der Waals surface area contributed by atoms with Gasteiger partial charge in [-0.25, -0.2) is 13.8 Å². The SMILES string of the molecule is Nc1ccc(Oc2c(F)cnc3[nH]ccc23)c(F)c1. The standard InChI is InChI=1S/C13H9F2N3O/c14-9-5-7(16)1-2-11(9)19-12-8-3-4-17-13(8)18-6-10(12)15/h1-6H,16H2,(H,17,18). The van der Waals surface area contributed by atoms with Crippen LogP contribution in [0.1, 0.15) is 0 Å². The number of ether oxygens (including phenoxy) is 1. The molecule has 0 saturated carbocycles. The molecule has 19 heavy (non-hydrogen) atoms. The van der Waals surface area contributed by atoms with Gasteiger partial charge in [0.05, 0.1) is 11.6 Å². The van der Waals surface area contributed by atoms with Gasteiger partial charge in [0.1, 0.15) is 5.65 Å². The van der Waals surface area contributed by atoms with E-state index in [0.29, 0.717) is 11.0 Å². The first-order chi connectivity index (χ1) is 9.15. The molecule has 0 aliphatic carbocycles. The van der Waals surface area contributed by atoms with E-state index in [9.17, 15) is 8.78 Å². The van der Waals surface area contributed by atoms with E-state index in [1.807, 2.05) is 0 Å². The van der Waals surface area contributed by atoms with Crippen LogP contribution in [0.5, 0.6) is 11.5 Å². The number of benzene rings is 1. The van der Waals surface area contributed by atoms with Gasteiger partial charge in [0.15, 0.2) is 23.1 Å². The Morgan fingerprint density at radius 1 is 1.16 bits per heavy atom. The number of aromatic nitrogens is 2. The molecule has 0 atom stereocenters. The molecule has 4 nitrogen and oxygen atoms in total. The molecule has 1 aromatic carbocycles. The second-order valence-corrected chi connectivity index (χ2v) is 3.97. The number of nitrogens with one attached hydrogen (secondary N) is 1. The Kier molecular flexibility index (Phi) is 2.56. The molecule has 2 heterocycles. The van der Waals surface area contributed by atoms with E-state index in [1.54, 1.807) is 12.3 Å². The Morgan fingerprint density at radius 2 is 2.00 bits per heavy atom. The second-order valence-electron chi connectivity index (χ2n) is 3.97. The molecule has 0 aliphatic heterocycles. The van der Waals surface area contributed by atoms with Crippen LogP contribution in [0.4, 0.5) is 14.5 Å². The molecule has 0 fully saturated rings. The summed E-state index contributed by atoms with van der Waals surface area (Å²) in [6, 6.07) is 5.55. The molecule has 0 unspecified atom stereocenters. The van der Waals surface area contributed by atoms with E-state index >= 15 is 0 Å². The number of H-pyrrole nitrogens is 1. The van der Waals surface area contributed by atoms with Gasteiger partial charge in [-0.15, -0.1) is 0 Å². The molecule has 0 aliphatic rings. The number of nitrogens with two attached hydrogens (primary N) is 1. The molecule has 3 rings (SSSR count). The van der Waals surface area contributed by atoms with Gasteiger partial charge in [-0.3, -0.25) is 0 Å². The van der Waals surface area contributed by atoms with Crippen molar-refractivity contribution >= 4 is 16.7 Å². The lowest BCUT2D eigenvalue weighted by Gasteiger charge is -2.09. The molecule has 3 N–H and O–H groups in total. The normalized spacial score (nSPS) is 10.8. The Bertz CT molecular complexity index is 755. The third kappa shape index (κ3) is 1.97. The quantitative estimate of drug-likeness (QED) is 0.696. The third-order valence-electron chi connectivity index (χ3n) is 2.66. The van der Waals surface area contributed by atoms with Gasteiger partial charge in [0.25, 0.3) is 0 Å². The maximum absolute atomic E-state index is 13.7. The van der Waals surface area contributed by atoms with Crippen molar-refractivity contribution in [3.63, 3.8) is 0 Å². The number of nitrogen functional groups attached to an aromatic ring is 1. The Labute approximate surface area is 106 Å². The fraction of sp³-hybridized carbons (Fsp3) is 0. The Hall–Kier alpha value is -2.63. The number of fused-ring (bicyclic) bond motifs is 1. The summed E-state index contributed by atoms with van der Waals surface area (Å²) >= 11 is 0. The van der Waals surface area contributed by atoms with Crippen molar-refractivity contribution in [3.8, 4) is 11.5 Å². The highest BCUT2D eigenvalue weighted by atomic mass is 19.1. The molecule has 0 spiro atoms. The van der Waals surface area contributed by atoms with Crippen LogP contribution in [0.25, 0.3) is 11.0 Å².